The van der Waals surface area contributed by atoms with Crippen molar-refractivity contribution in [3.05, 3.63) is 11.6 Å². The summed E-state index contributed by atoms with van der Waals surface area (Å²) >= 11 is 0. The van der Waals surface area contributed by atoms with Crippen LogP contribution in [0, 0.1) is 0 Å². The third-order valence-electron chi connectivity index (χ3n) is 4.18. The largest absolute Gasteiger partial charge is 0.376 e. The van der Waals surface area contributed by atoms with Crippen LogP contribution < -0.4 is 0 Å². The minimum absolute atomic E-state index is 0.135. The minimum Gasteiger partial charge on any atom is -0.376 e. The van der Waals surface area contributed by atoms with Gasteiger partial charge in [0.05, 0.1) is 39.1 Å². The summed E-state index contributed by atoms with van der Waals surface area (Å²) in [7, 11) is 0. The molecule has 0 spiro atoms. The summed E-state index contributed by atoms with van der Waals surface area (Å²) < 4.78 is 22.8. The zero-order valence-electron chi connectivity index (χ0n) is 15.5. The van der Waals surface area contributed by atoms with Crippen molar-refractivity contribution in [3.63, 3.8) is 0 Å². The monoisotopic (exact) mass is 355 g/mol. The third kappa shape index (κ3) is 9.30. The van der Waals surface area contributed by atoms with Crippen molar-refractivity contribution < 1.29 is 18.9 Å². The molecule has 0 aromatic carbocycles. The van der Waals surface area contributed by atoms with Crippen molar-refractivity contribution in [1.82, 2.24) is 15.2 Å². The van der Waals surface area contributed by atoms with Gasteiger partial charge in [-0.25, -0.2) is 4.98 Å². The van der Waals surface area contributed by atoms with Gasteiger partial charge in [-0.05, 0) is 6.42 Å². The predicted octanol–water partition coefficient (Wildman–Crippen LogP) is 3.00. The fraction of sp³-hybridized carbons (Fsp3) is 0.889. The van der Waals surface area contributed by atoms with Crippen LogP contribution in [0.4, 0.5) is 0 Å². The summed E-state index contributed by atoms with van der Waals surface area (Å²) in [4.78, 5) is 4.31. The van der Waals surface area contributed by atoms with Gasteiger partial charge in [0, 0.05) is 0 Å². The molecule has 1 aliphatic heterocycles. The summed E-state index contributed by atoms with van der Waals surface area (Å²) in [6.45, 7) is 5.86. The maximum atomic E-state index is 5.95. The topological polar surface area (TPSA) is 78.5 Å². The number of aromatic amines is 1. The molecule has 7 heteroatoms. The van der Waals surface area contributed by atoms with E-state index in [0.717, 1.165) is 6.42 Å². The minimum atomic E-state index is 0.135. The number of hydrogen-bond acceptors (Lipinski definition) is 6. The molecule has 0 saturated heterocycles. The SMILES string of the molecule is CCCCCCCCC1COCCOCc2n[nH]c(n2)COCCO1. The molecule has 0 amide bonds. The molecule has 1 atom stereocenters. The first-order chi connectivity index (χ1) is 12.4. The van der Waals surface area contributed by atoms with E-state index in [1.54, 1.807) is 0 Å². The first-order valence-corrected chi connectivity index (χ1v) is 9.63. The second-order valence-electron chi connectivity index (χ2n) is 6.43. The number of nitrogens with one attached hydrogen (secondary N) is 1. The summed E-state index contributed by atoms with van der Waals surface area (Å²) in [5, 5.41) is 6.94. The Morgan fingerprint density at radius 1 is 0.920 bits per heavy atom. The lowest BCUT2D eigenvalue weighted by Gasteiger charge is -2.18. The van der Waals surface area contributed by atoms with E-state index in [4.69, 9.17) is 18.9 Å². The molecule has 2 bridgehead atoms. The van der Waals surface area contributed by atoms with E-state index in [1.807, 2.05) is 0 Å². The van der Waals surface area contributed by atoms with Gasteiger partial charge in [-0.1, -0.05) is 45.4 Å². The molecule has 2 rings (SSSR count). The van der Waals surface area contributed by atoms with Crippen LogP contribution in [0.15, 0.2) is 0 Å². The molecule has 0 aliphatic carbocycles. The molecule has 25 heavy (non-hydrogen) atoms. The molecule has 0 fully saturated rings. The third-order valence-corrected chi connectivity index (χ3v) is 4.18. The normalized spacial score (nSPS) is 20.8. The van der Waals surface area contributed by atoms with Crippen molar-refractivity contribution in [1.29, 1.82) is 0 Å². The number of unbranched alkanes of at least 4 members (excludes halogenated alkanes) is 5. The average molecular weight is 355 g/mol. The van der Waals surface area contributed by atoms with Crippen molar-refractivity contribution in [2.24, 2.45) is 0 Å². The van der Waals surface area contributed by atoms with Crippen LogP contribution in [0.5, 0.6) is 0 Å². The van der Waals surface area contributed by atoms with Gasteiger partial charge < -0.3 is 18.9 Å². The maximum absolute atomic E-state index is 5.95. The Morgan fingerprint density at radius 2 is 1.68 bits per heavy atom. The Kier molecular flexibility index (Phi) is 10.7. The van der Waals surface area contributed by atoms with E-state index < -0.39 is 0 Å². The Balaban J connectivity index is 1.67. The van der Waals surface area contributed by atoms with Crippen LogP contribution in [0.2, 0.25) is 0 Å². The van der Waals surface area contributed by atoms with E-state index in [1.165, 1.54) is 38.5 Å². The number of ether oxygens (including phenoxy) is 4. The van der Waals surface area contributed by atoms with Gasteiger partial charge in [0.15, 0.2) is 11.6 Å². The molecule has 0 saturated carbocycles. The number of nitrogens with zero attached hydrogens (tertiary/aromatic N) is 2. The molecule has 1 aromatic heterocycles. The van der Waals surface area contributed by atoms with Gasteiger partial charge >= 0.3 is 0 Å². The number of H-pyrrole nitrogens is 1. The number of fused-ring (bicyclic) bond motifs is 2. The molecule has 144 valence electrons. The lowest BCUT2D eigenvalue weighted by Crippen LogP contribution is -2.23. The Morgan fingerprint density at radius 3 is 2.60 bits per heavy atom. The van der Waals surface area contributed by atoms with Gasteiger partial charge in [0.2, 0.25) is 0 Å². The van der Waals surface area contributed by atoms with Crippen LogP contribution in [0.25, 0.3) is 0 Å². The molecular weight excluding hydrogens is 322 g/mol. The second kappa shape index (κ2) is 13.2. The number of hydrogen-bond donors (Lipinski definition) is 1. The molecular formula is C18H33N3O4. The smallest absolute Gasteiger partial charge is 0.176 e. The van der Waals surface area contributed by atoms with Gasteiger partial charge in [0.1, 0.15) is 13.2 Å². The highest BCUT2D eigenvalue weighted by Crippen LogP contribution is 2.11. The molecule has 1 aliphatic rings. The molecule has 1 unspecified atom stereocenters. The fourth-order valence-corrected chi connectivity index (χ4v) is 2.77. The van der Waals surface area contributed by atoms with Gasteiger partial charge in [-0.15, -0.1) is 0 Å². The first kappa shape index (κ1) is 20.3. The molecule has 0 radical (unpaired) electrons. The van der Waals surface area contributed by atoms with E-state index >= 15 is 0 Å². The van der Waals surface area contributed by atoms with Crippen LogP contribution in [0.1, 0.15) is 63.5 Å². The predicted molar refractivity (Wildman–Crippen MR) is 94.2 cm³/mol. The Hall–Kier alpha value is -1.02. The Bertz CT molecular complexity index is 442. The van der Waals surface area contributed by atoms with Crippen LogP contribution in [0.3, 0.4) is 0 Å². The van der Waals surface area contributed by atoms with Gasteiger partial charge in [-0.2, -0.15) is 5.10 Å². The first-order valence-electron chi connectivity index (χ1n) is 9.63. The standard InChI is InChI=1S/C18H33N3O4/c1-2-3-4-5-6-7-8-16-13-22-9-10-23-14-17-19-18(21-20-17)15-24-11-12-25-16/h16H,2-15H2,1H3,(H,19,20,21). The Labute approximate surface area is 150 Å². The van der Waals surface area contributed by atoms with E-state index in [0.29, 0.717) is 57.9 Å². The average Bonchev–Trinajstić information content (AvgIpc) is 3.06. The summed E-state index contributed by atoms with van der Waals surface area (Å²) in [6, 6.07) is 0. The van der Waals surface area contributed by atoms with Crippen molar-refractivity contribution in [2.45, 2.75) is 71.2 Å². The summed E-state index contributed by atoms with van der Waals surface area (Å²) in [5.41, 5.74) is 0. The molecule has 7 nitrogen and oxygen atoms in total. The van der Waals surface area contributed by atoms with Gasteiger partial charge in [-0.3, -0.25) is 5.10 Å². The second-order valence-corrected chi connectivity index (χ2v) is 6.43. The highest BCUT2D eigenvalue weighted by Gasteiger charge is 2.11. The number of aromatic nitrogens is 3. The molecule has 1 aromatic rings. The fourth-order valence-electron chi connectivity index (χ4n) is 2.77. The lowest BCUT2D eigenvalue weighted by molar-refractivity contribution is -0.0535. The summed E-state index contributed by atoms with van der Waals surface area (Å²) in [5.74, 6) is 1.36. The van der Waals surface area contributed by atoms with Crippen molar-refractivity contribution in [3.8, 4) is 0 Å². The van der Waals surface area contributed by atoms with Crippen molar-refractivity contribution >= 4 is 0 Å². The van der Waals surface area contributed by atoms with E-state index in [9.17, 15) is 0 Å². The van der Waals surface area contributed by atoms with Crippen LogP contribution in [-0.4, -0.2) is 54.3 Å². The van der Waals surface area contributed by atoms with E-state index in [2.05, 4.69) is 22.1 Å². The molecule has 2 heterocycles. The van der Waals surface area contributed by atoms with Crippen LogP contribution >= 0.6 is 0 Å². The highest BCUT2D eigenvalue weighted by atomic mass is 16.6. The van der Waals surface area contributed by atoms with Crippen LogP contribution in [-0.2, 0) is 32.2 Å². The lowest BCUT2D eigenvalue weighted by atomic mass is 10.1. The zero-order valence-corrected chi connectivity index (χ0v) is 15.5. The van der Waals surface area contributed by atoms with E-state index in [-0.39, 0.29) is 6.10 Å². The zero-order chi connectivity index (χ0) is 17.6. The number of rotatable bonds is 7. The maximum Gasteiger partial charge on any atom is 0.176 e. The van der Waals surface area contributed by atoms with Crippen molar-refractivity contribution in [2.75, 3.05) is 33.0 Å². The van der Waals surface area contributed by atoms with Gasteiger partial charge in [0.25, 0.3) is 0 Å². The quantitative estimate of drug-likeness (QED) is 0.758. The highest BCUT2D eigenvalue weighted by molar-refractivity contribution is 4.87. The molecule has 1 N–H and O–H groups in total. The summed E-state index contributed by atoms with van der Waals surface area (Å²) in [6.07, 6.45) is 8.92.